The molecule has 8 aromatic rings. The largest absolute Gasteiger partial charge is 0.569 e. The van der Waals surface area contributed by atoms with E-state index in [-0.39, 0.29) is 0 Å². The lowest BCUT2D eigenvalue weighted by atomic mass is 10.00. The van der Waals surface area contributed by atoms with Crippen molar-refractivity contribution < 1.29 is 9.68 Å². The Hall–Kier alpha value is -5.06. The zero-order valence-electron chi connectivity index (χ0n) is 22.1. The first-order chi connectivity index (χ1) is 20.7. The highest BCUT2D eigenvalue weighted by Crippen LogP contribution is 2.29. The summed E-state index contributed by atoms with van der Waals surface area (Å²) in [7, 11) is 0.668. The first kappa shape index (κ1) is 27.1. The van der Waals surface area contributed by atoms with Crippen LogP contribution in [-0.4, -0.2) is 43.1 Å². The third-order valence-corrected chi connectivity index (χ3v) is 7.08. The Morgan fingerprint density at radius 1 is 0.667 bits per heavy atom. The third-order valence-electron chi connectivity index (χ3n) is 6.58. The fourth-order valence-corrected chi connectivity index (χ4v) is 4.99. The Balaban J connectivity index is 0.000000120. The summed E-state index contributed by atoms with van der Waals surface area (Å²) in [5.74, 6) is 0.605. The number of halogens is 1. The molecular formula is C32H23BBrN6O2. The molecule has 4 aromatic carbocycles. The first-order valence-electron chi connectivity index (χ1n) is 13.0. The lowest BCUT2D eigenvalue weighted by Gasteiger charge is -2.06. The molecule has 8 nitrogen and oxygen atoms in total. The molecule has 42 heavy (non-hydrogen) atoms. The Bertz CT molecular complexity index is 2100. The van der Waals surface area contributed by atoms with Gasteiger partial charge < -0.3 is 9.68 Å². The molecule has 0 atom stereocenters. The number of nitrogens with zero attached hydrogens (tertiary/aromatic N) is 4. The van der Waals surface area contributed by atoms with Gasteiger partial charge in [-0.05, 0) is 77.9 Å². The van der Waals surface area contributed by atoms with Gasteiger partial charge >= 0.3 is 7.69 Å². The molecule has 0 saturated heterocycles. The summed E-state index contributed by atoms with van der Waals surface area (Å²) in [4.78, 5) is 8.55. The molecule has 203 valence electrons. The molecule has 0 saturated carbocycles. The number of fused-ring (bicyclic) bond motifs is 4. The standard InChI is InChI=1S/C16H11N3.C9H7BNO2.C7H5BrN2/c1-3-13(14-4-2-8-17-16(14)5-1)11-6-7-15-12(9-11)10-18-19-15;12-10-13-9-5-1-4-8-7(9)3-2-6-11-8;8-6-1-2-7-5(3-6)4-9-10-7/h1-10H,(H,18,19);1-6,12H;1-4H,(H,9,10). The van der Waals surface area contributed by atoms with Crippen molar-refractivity contribution in [2.24, 2.45) is 0 Å². The van der Waals surface area contributed by atoms with Gasteiger partial charge in [-0.2, -0.15) is 10.2 Å². The molecule has 10 heteroatoms. The number of rotatable bonds is 3. The Labute approximate surface area is 249 Å². The van der Waals surface area contributed by atoms with Gasteiger partial charge in [0.2, 0.25) is 0 Å². The fourth-order valence-electron chi connectivity index (χ4n) is 4.61. The predicted molar refractivity (Wildman–Crippen MR) is 171 cm³/mol. The van der Waals surface area contributed by atoms with Gasteiger partial charge in [0.25, 0.3) is 0 Å². The topological polar surface area (TPSA) is 113 Å². The van der Waals surface area contributed by atoms with E-state index in [1.165, 1.54) is 16.5 Å². The van der Waals surface area contributed by atoms with Crippen molar-refractivity contribution in [1.29, 1.82) is 0 Å². The van der Waals surface area contributed by atoms with Gasteiger partial charge in [-0.3, -0.25) is 20.2 Å². The summed E-state index contributed by atoms with van der Waals surface area (Å²) in [5.41, 5.74) is 6.39. The second-order valence-electron chi connectivity index (χ2n) is 9.20. The second-order valence-corrected chi connectivity index (χ2v) is 10.1. The zero-order valence-corrected chi connectivity index (χ0v) is 23.7. The number of hydrogen-bond donors (Lipinski definition) is 3. The van der Waals surface area contributed by atoms with Crippen LogP contribution < -0.4 is 4.65 Å². The number of benzene rings is 4. The molecule has 1 radical (unpaired) electrons. The molecular weight excluding hydrogens is 591 g/mol. The third kappa shape index (κ3) is 6.00. The number of aromatic nitrogens is 6. The van der Waals surface area contributed by atoms with E-state index in [1.54, 1.807) is 18.5 Å². The van der Waals surface area contributed by atoms with Gasteiger partial charge in [-0.25, -0.2) is 0 Å². The van der Waals surface area contributed by atoms with Crippen LogP contribution in [0.4, 0.5) is 0 Å². The van der Waals surface area contributed by atoms with E-state index in [0.717, 1.165) is 42.7 Å². The minimum Gasteiger partial charge on any atom is -0.537 e. The van der Waals surface area contributed by atoms with E-state index in [9.17, 15) is 0 Å². The summed E-state index contributed by atoms with van der Waals surface area (Å²) in [5, 5.41) is 26.6. The van der Waals surface area contributed by atoms with Gasteiger partial charge in [0.05, 0.1) is 34.5 Å². The highest BCUT2D eigenvalue weighted by molar-refractivity contribution is 9.10. The molecule has 0 amide bonds. The van der Waals surface area contributed by atoms with Gasteiger partial charge in [0.1, 0.15) is 5.75 Å². The van der Waals surface area contributed by atoms with Gasteiger partial charge in [0.15, 0.2) is 0 Å². The Morgan fingerprint density at radius 2 is 1.31 bits per heavy atom. The molecule has 0 bridgehead atoms. The van der Waals surface area contributed by atoms with Crippen LogP contribution in [0, 0.1) is 0 Å². The van der Waals surface area contributed by atoms with Crippen molar-refractivity contribution in [2.75, 3.05) is 0 Å². The first-order valence-corrected chi connectivity index (χ1v) is 13.8. The van der Waals surface area contributed by atoms with Crippen LogP contribution in [0.25, 0.3) is 54.7 Å². The molecule has 4 aromatic heterocycles. The average molecular weight is 614 g/mol. The van der Waals surface area contributed by atoms with E-state index in [4.69, 9.17) is 9.68 Å². The quantitative estimate of drug-likeness (QED) is 0.181. The molecule has 0 fully saturated rings. The van der Waals surface area contributed by atoms with Crippen LogP contribution in [0.1, 0.15) is 0 Å². The van der Waals surface area contributed by atoms with Crippen LogP contribution in [0.15, 0.2) is 126 Å². The average Bonchev–Trinajstić information content (AvgIpc) is 3.71. The molecule has 0 aliphatic rings. The van der Waals surface area contributed by atoms with E-state index < -0.39 is 0 Å². The number of nitrogens with one attached hydrogen (secondary N) is 2. The smallest absolute Gasteiger partial charge is 0.537 e. The van der Waals surface area contributed by atoms with E-state index in [1.807, 2.05) is 73.1 Å². The summed E-state index contributed by atoms with van der Waals surface area (Å²) in [6, 6.07) is 31.8. The molecule has 0 unspecified atom stereocenters. The Morgan fingerprint density at radius 3 is 2.05 bits per heavy atom. The predicted octanol–water partition coefficient (Wildman–Crippen LogP) is 7.24. The molecule has 0 aliphatic carbocycles. The highest BCUT2D eigenvalue weighted by Gasteiger charge is 2.05. The van der Waals surface area contributed by atoms with Crippen molar-refractivity contribution in [2.45, 2.75) is 0 Å². The highest BCUT2D eigenvalue weighted by atomic mass is 79.9. The number of hydrogen-bond acceptors (Lipinski definition) is 6. The van der Waals surface area contributed by atoms with E-state index >= 15 is 0 Å². The van der Waals surface area contributed by atoms with Crippen LogP contribution in [0.3, 0.4) is 0 Å². The number of aromatic amines is 2. The lowest BCUT2D eigenvalue weighted by Crippen LogP contribution is -2.00. The van der Waals surface area contributed by atoms with Crippen molar-refractivity contribution in [3.63, 3.8) is 0 Å². The SMILES string of the molecule is Brc1ccc2[nH]ncc2c1.O[B]Oc1cccc2ncccc12.c1cc(-c2ccc3[nH]ncc3c2)c2cccnc2c1. The summed E-state index contributed by atoms with van der Waals surface area (Å²) in [6.45, 7) is 0. The second kappa shape index (κ2) is 12.6. The maximum Gasteiger partial charge on any atom is 0.569 e. The van der Waals surface area contributed by atoms with Gasteiger partial charge in [0, 0.05) is 38.4 Å². The van der Waals surface area contributed by atoms with Crippen LogP contribution in [0.2, 0.25) is 0 Å². The van der Waals surface area contributed by atoms with Crippen LogP contribution in [-0.2, 0) is 0 Å². The van der Waals surface area contributed by atoms with Crippen LogP contribution >= 0.6 is 15.9 Å². The van der Waals surface area contributed by atoms with E-state index in [2.05, 4.69) is 76.6 Å². The summed E-state index contributed by atoms with van der Waals surface area (Å²) < 4.78 is 5.99. The molecule has 4 heterocycles. The minimum atomic E-state index is 0.605. The van der Waals surface area contributed by atoms with Gasteiger partial charge in [-0.1, -0.05) is 46.3 Å². The van der Waals surface area contributed by atoms with Crippen molar-refractivity contribution in [1.82, 2.24) is 30.4 Å². The van der Waals surface area contributed by atoms with Crippen LogP contribution in [0.5, 0.6) is 5.75 Å². The Kier molecular flexibility index (Phi) is 8.16. The number of pyridine rings is 2. The lowest BCUT2D eigenvalue weighted by molar-refractivity contribution is 0.456. The van der Waals surface area contributed by atoms with Crippen molar-refractivity contribution in [3.8, 4) is 16.9 Å². The van der Waals surface area contributed by atoms with Crippen molar-refractivity contribution >= 4 is 67.2 Å². The molecule has 0 aliphatic heterocycles. The van der Waals surface area contributed by atoms with Crippen molar-refractivity contribution in [3.05, 3.63) is 126 Å². The zero-order chi connectivity index (χ0) is 28.7. The fraction of sp³-hybridized carbons (Fsp3) is 0. The monoisotopic (exact) mass is 613 g/mol. The summed E-state index contributed by atoms with van der Waals surface area (Å²) >= 11 is 3.38. The van der Waals surface area contributed by atoms with E-state index in [0.29, 0.717) is 13.4 Å². The minimum absolute atomic E-state index is 0.605. The van der Waals surface area contributed by atoms with Gasteiger partial charge in [-0.15, -0.1) is 0 Å². The molecule has 0 spiro atoms. The maximum atomic E-state index is 8.51. The summed E-state index contributed by atoms with van der Waals surface area (Å²) in [6.07, 6.45) is 7.20. The molecule has 8 rings (SSSR count). The number of H-pyrrole nitrogens is 2. The normalized spacial score (nSPS) is 10.6. The maximum absolute atomic E-state index is 8.51. The molecule has 3 N–H and O–H groups in total.